The van der Waals surface area contributed by atoms with E-state index in [1.54, 1.807) is 24.3 Å². The molecule has 0 fully saturated rings. The highest BCUT2D eigenvalue weighted by atomic mass is 35.5. The summed E-state index contributed by atoms with van der Waals surface area (Å²) in [5.41, 5.74) is 2.56. The number of carbonyl (C=O) groups is 1. The smallest absolute Gasteiger partial charge is 0.230 e. The molecule has 1 atom stereocenters. The van der Waals surface area contributed by atoms with Gasteiger partial charge >= 0.3 is 0 Å². The molecule has 0 bridgehead atoms. The van der Waals surface area contributed by atoms with Crippen LogP contribution in [0.5, 0.6) is 0 Å². The van der Waals surface area contributed by atoms with E-state index < -0.39 is 6.10 Å². The molecule has 1 amide bonds. The lowest BCUT2D eigenvalue weighted by Crippen LogP contribution is -2.17. The van der Waals surface area contributed by atoms with Crippen molar-refractivity contribution in [2.45, 2.75) is 6.10 Å². The lowest BCUT2D eigenvalue weighted by molar-refractivity contribution is -0.123. The van der Waals surface area contributed by atoms with E-state index in [0.717, 1.165) is 0 Å². The number of nitrogens with one attached hydrogen (secondary N) is 1. The zero-order chi connectivity index (χ0) is 10.4. The standard InChI is InChI=1S/C9H10ClNO3/c10-8-4-2-1-3-7(8)9(13)5-14-11-6-12/h1-4,6,9,13H,5H2,(H,11,12)/t9-/m1/s1. The number of aliphatic hydroxyl groups is 1. The normalized spacial score (nSPS) is 12.1. The van der Waals surface area contributed by atoms with Crippen LogP contribution in [0.15, 0.2) is 24.3 Å². The summed E-state index contributed by atoms with van der Waals surface area (Å²) in [4.78, 5) is 14.5. The zero-order valence-corrected chi connectivity index (χ0v) is 8.07. The van der Waals surface area contributed by atoms with Gasteiger partial charge in [-0.05, 0) is 6.07 Å². The first-order chi connectivity index (χ1) is 6.75. The van der Waals surface area contributed by atoms with Gasteiger partial charge in [-0.25, -0.2) is 5.48 Å². The minimum absolute atomic E-state index is 0.0392. The highest BCUT2D eigenvalue weighted by molar-refractivity contribution is 6.31. The van der Waals surface area contributed by atoms with Crippen molar-refractivity contribution < 1.29 is 14.7 Å². The second-order valence-corrected chi connectivity index (χ2v) is 2.99. The molecule has 76 valence electrons. The van der Waals surface area contributed by atoms with Crippen LogP contribution in [-0.2, 0) is 9.63 Å². The molecule has 0 unspecified atom stereocenters. The van der Waals surface area contributed by atoms with Crippen LogP contribution in [0.2, 0.25) is 5.02 Å². The molecule has 2 N–H and O–H groups in total. The van der Waals surface area contributed by atoms with Crippen LogP contribution in [0.1, 0.15) is 11.7 Å². The fraction of sp³-hybridized carbons (Fsp3) is 0.222. The minimum Gasteiger partial charge on any atom is -0.386 e. The van der Waals surface area contributed by atoms with Gasteiger partial charge in [-0.1, -0.05) is 29.8 Å². The topological polar surface area (TPSA) is 58.6 Å². The third kappa shape index (κ3) is 2.99. The van der Waals surface area contributed by atoms with Crippen LogP contribution in [0.25, 0.3) is 0 Å². The minimum atomic E-state index is -0.851. The first-order valence-electron chi connectivity index (χ1n) is 3.99. The highest BCUT2D eigenvalue weighted by Gasteiger charge is 2.10. The van der Waals surface area contributed by atoms with Crippen molar-refractivity contribution in [3.63, 3.8) is 0 Å². The van der Waals surface area contributed by atoms with Crippen molar-refractivity contribution >= 4 is 18.0 Å². The van der Waals surface area contributed by atoms with Gasteiger partial charge in [0.15, 0.2) is 0 Å². The van der Waals surface area contributed by atoms with Gasteiger partial charge in [-0.15, -0.1) is 0 Å². The van der Waals surface area contributed by atoms with E-state index in [1.165, 1.54) is 0 Å². The van der Waals surface area contributed by atoms with Crippen LogP contribution in [-0.4, -0.2) is 18.1 Å². The number of hydrogen-bond donors (Lipinski definition) is 2. The van der Waals surface area contributed by atoms with Gasteiger partial charge in [0, 0.05) is 10.6 Å². The average Bonchev–Trinajstić information content (AvgIpc) is 2.18. The highest BCUT2D eigenvalue weighted by Crippen LogP contribution is 2.22. The van der Waals surface area contributed by atoms with Crippen LogP contribution in [0.4, 0.5) is 0 Å². The van der Waals surface area contributed by atoms with Crippen molar-refractivity contribution in [2.24, 2.45) is 0 Å². The predicted octanol–water partition coefficient (Wildman–Crippen LogP) is 1.05. The second kappa shape index (κ2) is 5.59. The number of benzene rings is 1. The molecule has 1 aromatic rings. The number of hydrogen-bond acceptors (Lipinski definition) is 3. The summed E-state index contributed by atoms with van der Waals surface area (Å²) in [6, 6.07) is 6.89. The van der Waals surface area contributed by atoms with Crippen molar-refractivity contribution in [3.8, 4) is 0 Å². The van der Waals surface area contributed by atoms with Gasteiger partial charge in [0.25, 0.3) is 0 Å². The van der Waals surface area contributed by atoms with Gasteiger partial charge in [-0.2, -0.15) is 0 Å². The first kappa shape index (κ1) is 11.0. The predicted molar refractivity (Wildman–Crippen MR) is 51.6 cm³/mol. The Balaban J connectivity index is 2.55. The summed E-state index contributed by atoms with van der Waals surface area (Å²) in [6.07, 6.45) is -0.463. The van der Waals surface area contributed by atoms with Gasteiger partial charge in [0.1, 0.15) is 12.7 Å². The van der Waals surface area contributed by atoms with Gasteiger partial charge < -0.3 is 5.11 Å². The number of amides is 1. The van der Waals surface area contributed by atoms with E-state index in [2.05, 4.69) is 4.84 Å². The van der Waals surface area contributed by atoms with Crippen LogP contribution in [0, 0.1) is 0 Å². The van der Waals surface area contributed by atoms with E-state index in [-0.39, 0.29) is 6.61 Å². The number of aliphatic hydroxyl groups excluding tert-OH is 1. The zero-order valence-electron chi connectivity index (χ0n) is 7.31. The molecule has 14 heavy (non-hydrogen) atoms. The van der Waals surface area contributed by atoms with Gasteiger partial charge in [0.05, 0.1) is 0 Å². The Morgan fingerprint density at radius 3 is 2.93 bits per heavy atom. The molecule has 0 aliphatic rings. The maximum absolute atomic E-state index is 9.85. The van der Waals surface area contributed by atoms with E-state index in [9.17, 15) is 9.90 Å². The number of hydroxylamine groups is 1. The van der Waals surface area contributed by atoms with Crippen LogP contribution >= 0.6 is 11.6 Å². The third-order valence-electron chi connectivity index (χ3n) is 1.64. The molecule has 0 aromatic heterocycles. The van der Waals surface area contributed by atoms with Crippen molar-refractivity contribution in [2.75, 3.05) is 6.61 Å². The fourth-order valence-corrected chi connectivity index (χ4v) is 1.26. The average molecular weight is 216 g/mol. The molecule has 0 radical (unpaired) electrons. The van der Waals surface area contributed by atoms with Gasteiger partial charge in [-0.3, -0.25) is 9.63 Å². The molecular weight excluding hydrogens is 206 g/mol. The molecule has 0 spiro atoms. The second-order valence-electron chi connectivity index (χ2n) is 2.58. The molecule has 0 aliphatic heterocycles. The van der Waals surface area contributed by atoms with E-state index >= 15 is 0 Å². The van der Waals surface area contributed by atoms with Crippen molar-refractivity contribution in [1.82, 2.24) is 5.48 Å². The van der Waals surface area contributed by atoms with Crippen molar-refractivity contribution in [1.29, 1.82) is 0 Å². The van der Waals surface area contributed by atoms with Crippen LogP contribution < -0.4 is 5.48 Å². The molecule has 0 heterocycles. The maximum Gasteiger partial charge on any atom is 0.230 e. The fourth-order valence-electron chi connectivity index (χ4n) is 0.996. The largest absolute Gasteiger partial charge is 0.386 e. The molecule has 5 heteroatoms. The SMILES string of the molecule is O=CNOC[C@@H](O)c1ccccc1Cl. The summed E-state index contributed by atoms with van der Waals surface area (Å²) in [6.45, 7) is -0.0392. The molecule has 1 rings (SSSR count). The molecule has 1 aromatic carbocycles. The molecular formula is C9H10ClNO3. The summed E-state index contributed by atoms with van der Waals surface area (Å²) in [7, 11) is 0. The molecule has 0 aliphatic carbocycles. The summed E-state index contributed by atoms with van der Waals surface area (Å²) >= 11 is 5.83. The number of halogens is 1. The Morgan fingerprint density at radius 1 is 1.57 bits per heavy atom. The summed E-state index contributed by atoms with van der Waals surface area (Å²) in [5.74, 6) is 0. The Labute approximate surface area is 86.4 Å². The molecule has 0 saturated heterocycles. The molecule has 0 saturated carbocycles. The van der Waals surface area contributed by atoms with Crippen molar-refractivity contribution in [3.05, 3.63) is 34.9 Å². The lowest BCUT2D eigenvalue weighted by atomic mass is 10.1. The molecule has 4 nitrogen and oxygen atoms in total. The Hall–Kier alpha value is -1.10. The Bertz CT molecular complexity index is 306. The lowest BCUT2D eigenvalue weighted by Gasteiger charge is -2.11. The monoisotopic (exact) mass is 215 g/mol. The number of carbonyl (C=O) groups excluding carboxylic acids is 1. The van der Waals surface area contributed by atoms with E-state index in [4.69, 9.17) is 11.6 Å². The van der Waals surface area contributed by atoms with Gasteiger partial charge in [0.2, 0.25) is 6.41 Å². The van der Waals surface area contributed by atoms with E-state index in [1.807, 2.05) is 5.48 Å². The Morgan fingerprint density at radius 2 is 2.29 bits per heavy atom. The third-order valence-corrected chi connectivity index (χ3v) is 1.98. The quantitative estimate of drug-likeness (QED) is 0.439. The van der Waals surface area contributed by atoms with E-state index in [0.29, 0.717) is 17.0 Å². The summed E-state index contributed by atoms with van der Waals surface area (Å²) in [5, 5.41) is 10.0. The maximum atomic E-state index is 9.85. The first-order valence-corrected chi connectivity index (χ1v) is 4.37. The summed E-state index contributed by atoms with van der Waals surface area (Å²) < 4.78 is 0. The Kier molecular flexibility index (Phi) is 4.39. The number of rotatable bonds is 5. The van der Waals surface area contributed by atoms with Crippen LogP contribution in [0.3, 0.4) is 0 Å².